The Kier molecular flexibility index (Phi) is 3.28. The molecule has 0 saturated heterocycles. The van der Waals surface area contributed by atoms with Crippen molar-refractivity contribution in [3.05, 3.63) is 34.5 Å². The van der Waals surface area contributed by atoms with E-state index < -0.39 is 0 Å². The molecular formula is C11H14ClN5. The number of aryl methyl sites for hydroxylation is 1. The van der Waals surface area contributed by atoms with E-state index in [-0.39, 0.29) is 0 Å². The number of anilines is 1. The number of hydrogen-bond donors (Lipinski definition) is 1. The van der Waals surface area contributed by atoms with E-state index in [1.807, 2.05) is 27.0 Å². The monoisotopic (exact) mass is 251 g/mol. The molecule has 2 heterocycles. The van der Waals surface area contributed by atoms with Crippen LogP contribution in [0.2, 0.25) is 5.02 Å². The lowest BCUT2D eigenvalue weighted by Gasteiger charge is -2.07. The van der Waals surface area contributed by atoms with Gasteiger partial charge in [-0.3, -0.25) is 4.68 Å². The number of rotatable bonds is 3. The molecular weight excluding hydrogens is 238 g/mol. The van der Waals surface area contributed by atoms with Gasteiger partial charge >= 0.3 is 0 Å². The maximum absolute atomic E-state index is 5.95. The Morgan fingerprint density at radius 3 is 2.71 bits per heavy atom. The fourth-order valence-corrected chi connectivity index (χ4v) is 1.69. The first kappa shape index (κ1) is 11.9. The minimum atomic E-state index is 0.523. The molecule has 90 valence electrons. The van der Waals surface area contributed by atoms with Gasteiger partial charge in [0.15, 0.2) is 5.82 Å². The van der Waals surface area contributed by atoms with E-state index in [0.29, 0.717) is 11.6 Å². The molecule has 0 aliphatic heterocycles. The van der Waals surface area contributed by atoms with Gasteiger partial charge in [0.2, 0.25) is 0 Å². The van der Waals surface area contributed by atoms with Crippen LogP contribution in [0.1, 0.15) is 17.2 Å². The summed E-state index contributed by atoms with van der Waals surface area (Å²) in [4.78, 5) is 8.74. The average molecular weight is 252 g/mol. The Morgan fingerprint density at radius 1 is 1.35 bits per heavy atom. The molecule has 0 aromatic carbocycles. The molecule has 0 spiro atoms. The van der Waals surface area contributed by atoms with Gasteiger partial charge in [-0.15, -0.1) is 0 Å². The zero-order chi connectivity index (χ0) is 12.4. The zero-order valence-electron chi connectivity index (χ0n) is 10.0. The van der Waals surface area contributed by atoms with Gasteiger partial charge < -0.3 is 5.32 Å². The molecule has 2 aromatic rings. The van der Waals surface area contributed by atoms with E-state index in [0.717, 1.165) is 23.0 Å². The van der Waals surface area contributed by atoms with Crippen LogP contribution in [-0.4, -0.2) is 26.8 Å². The molecule has 0 aliphatic carbocycles. The normalized spacial score (nSPS) is 10.6. The van der Waals surface area contributed by atoms with E-state index in [9.17, 15) is 0 Å². The highest BCUT2D eigenvalue weighted by molar-refractivity contribution is 6.31. The van der Waals surface area contributed by atoms with Gasteiger partial charge in [0.25, 0.3) is 0 Å². The van der Waals surface area contributed by atoms with Crippen molar-refractivity contribution < 1.29 is 0 Å². The summed E-state index contributed by atoms with van der Waals surface area (Å²) in [6.45, 7) is 4.38. The minimum absolute atomic E-state index is 0.523. The fraction of sp³-hybridized carbons (Fsp3) is 0.364. The van der Waals surface area contributed by atoms with Gasteiger partial charge in [-0.2, -0.15) is 5.10 Å². The number of aromatic nitrogens is 4. The second-order valence-corrected chi connectivity index (χ2v) is 4.20. The summed E-state index contributed by atoms with van der Waals surface area (Å²) in [6.07, 6.45) is 1.63. The molecule has 17 heavy (non-hydrogen) atoms. The highest BCUT2D eigenvalue weighted by atomic mass is 35.5. The molecule has 0 saturated carbocycles. The highest BCUT2D eigenvalue weighted by Crippen LogP contribution is 2.14. The number of hydrogen-bond acceptors (Lipinski definition) is 4. The van der Waals surface area contributed by atoms with E-state index in [4.69, 9.17) is 11.6 Å². The van der Waals surface area contributed by atoms with Gasteiger partial charge in [0.05, 0.1) is 16.9 Å². The fourth-order valence-electron chi connectivity index (χ4n) is 1.55. The minimum Gasteiger partial charge on any atom is -0.373 e. The first-order chi connectivity index (χ1) is 8.10. The second kappa shape index (κ2) is 4.71. The van der Waals surface area contributed by atoms with Crippen LogP contribution in [0, 0.1) is 13.8 Å². The van der Waals surface area contributed by atoms with Crippen molar-refractivity contribution in [2.24, 2.45) is 0 Å². The van der Waals surface area contributed by atoms with Crippen LogP contribution in [0.4, 0.5) is 5.82 Å². The number of nitrogens with zero attached hydrogens (tertiary/aromatic N) is 4. The predicted octanol–water partition coefficient (Wildman–Crippen LogP) is 2.03. The van der Waals surface area contributed by atoms with Crippen molar-refractivity contribution >= 4 is 17.4 Å². The van der Waals surface area contributed by atoms with Crippen LogP contribution in [0.25, 0.3) is 0 Å². The van der Waals surface area contributed by atoms with E-state index >= 15 is 0 Å². The zero-order valence-corrected chi connectivity index (χ0v) is 10.8. The Hall–Kier alpha value is -1.62. The Balaban J connectivity index is 2.29. The lowest BCUT2D eigenvalue weighted by Crippen LogP contribution is -2.09. The van der Waals surface area contributed by atoms with Crippen molar-refractivity contribution in [1.29, 1.82) is 0 Å². The average Bonchev–Trinajstić information content (AvgIpc) is 2.60. The molecule has 0 fully saturated rings. The van der Waals surface area contributed by atoms with Crippen molar-refractivity contribution in [2.75, 3.05) is 12.4 Å². The Labute approximate surface area is 105 Å². The molecule has 1 N–H and O–H groups in total. The van der Waals surface area contributed by atoms with Crippen LogP contribution in [0.15, 0.2) is 12.3 Å². The van der Waals surface area contributed by atoms with Crippen LogP contribution in [0.5, 0.6) is 0 Å². The molecule has 6 heteroatoms. The van der Waals surface area contributed by atoms with Crippen molar-refractivity contribution in [1.82, 2.24) is 19.7 Å². The van der Waals surface area contributed by atoms with Gasteiger partial charge in [-0.05, 0) is 13.8 Å². The molecule has 2 aromatic heterocycles. The van der Waals surface area contributed by atoms with Gasteiger partial charge in [0, 0.05) is 18.8 Å². The van der Waals surface area contributed by atoms with Gasteiger partial charge in [-0.1, -0.05) is 11.6 Å². The van der Waals surface area contributed by atoms with E-state index in [2.05, 4.69) is 20.4 Å². The standard InChI is InChI=1S/C11H14ClN5/c1-7-4-10(13-3)16-11(15-7)6-17-8(2)9(12)5-14-17/h4-5H,6H2,1-3H3,(H,13,15,16). The Bertz CT molecular complexity index is 535. The molecule has 0 unspecified atom stereocenters. The number of halogens is 1. The third kappa shape index (κ3) is 2.55. The van der Waals surface area contributed by atoms with Gasteiger partial charge in [0.1, 0.15) is 12.4 Å². The first-order valence-electron chi connectivity index (χ1n) is 5.30. The quantitative estimate of drug-likeness (QED) is 0.907. The third-order valence-corrected chi connectivity index (χ3v) is 2.86. The van der Waals surface area contributed by atoms with Crippen molar-refractivity contribution in [2.45, 2.75) is 20.4 Å². The molecule has 0 amide bonds. The maximum atomic E-state index is 5.95. The highest BCUT2D eigenvalue weighted by Gasteiger charge is 2.07. The van der Waals surface area contributed by atoms with E-state index in [1.54, 1.807) is 10.9 Å². The summed E-state index contributed by atoms with van der Waals surface area (Å²) in [5, 5.41) is 7.85. The maximum Gasteiger partial charge on any atom is 0.152 e. The summed E-state index contributed by atoms with van der Waals surface area (Å²) < 4.78 is 1.79. The van der Waals surface area contributed by atoms with Crippen molar-refractivity contribution in [3.63, 3.8) is 0 Å². The molecule has 0 atom stereocenters. The lowest BCUT2D eigenvalue weighted by molar-refractivity contribution is 0.635. The van der Waals surface area contributed by atoms with Crippen molar-refractivity contribution in [3.8, 4) is 0 Å². The third-order valence-electron chi connectivity index (χ3n) is 2.49. The summed E-state index contributed by atoms with van der Waals surface area (Å²) in [5.41, 5.74) is 1.85. The Morgan fingerprint density at radius 2 is 2.12 bits per heavy atom. The van der Waals surface area contributed by atoms with Gasteiger partial charge in [-0.25, -0.2) is 9.97 Å². The summed E-state index contributed by atoms with van der Waals surface area (Å²) in [5.74, 6) is 1.53. The molecule has 2 rings (SSSR count). The second-order valence-electron chi connectivity index (χ2n) is 3.80. The molecule has 0 bridgehead atoms. The van der Waals surface area contributed by atoms with Crippen LogP contribution in [-0.2, 0) is 6.54 Å². The summed E-state index contributed by atoms with van der Waals surface area (Å²) in [6, 6.07) is 1.90. The van der Waals surface area contributed by atoms with Crippen LogP contribution in [0.3, 0.4) is 0 Å². The lowest BCUT2D eigenvalue weighted by atomic mass is 10.4. The SMILES string of the molecule is CNc1cc(C)nc(Cn2ncc(Cl)c2C)n1. The first-order valence-corrected chi connectivity index (χ1v) is 5.68. The summed E-state index contributed by atoms with van der Waals surface area (Å²) in [7, 11) is 1.83. The largest absolute Gasteiger partial charge is 0.373 e. The number of nitrogens with one attached hydrogen (secondary N) is 1. The topological polar surface area (TPSA) is 55.6 Å². The van der Waals surface area contributed by atoms with E-state index in [1.165, 1.54) is 0 Å². The van der Waals surface area contributed by atoms with Crippen LogP contribution >= 0.6 is 11.6 Å². The summed E-state index contributed by atoms with van der Waals surface area (Å²) >= 11 is 5.95. The molecule has 5 nitrogen and oxygen atoms in total. The smallest absolute Gasteiger partial charge is 0.152 e. The molecule has 0 aliphatic rings. The molecule has 0 radical (unpaired) electrons. The predicted molar refractivity (Wildman–Crippen MR) is 67.4 cm³/mol. The van der Waals surface area contributed by atoms with Crippen LogP contribution < -0.4 is 5.32 Å².